The first-order valence-corrected chi connectivity index (χ1v) is 42.8. The van der Waals surface area contributed by atoms with E-state index in [4.69, 9.17) is 69.4 Å². The highest BCUT2D eigenvalue weighted by Gasteiger charge is 2.38. The van der Waals surface area contributed by atoms with Crippen molar-refractivity contribution in [1.82, 2.24) is 40.0 Å². The maximum absolute atomic E-state index is 12.2. The van der Waals surface area contributed by atoms with Gasteiger partial charge in [0.1, 0.15) is 66.2 Å². The Morgan fingerprint density at radius 1 is 0.474 bits per heavy atom. The van der Waals surface area contributed by atoms with Gasteiger partial charge in [0.2, 0.25) is 15.0 Å². The van der Waals surface area contributed by atoms with Crippen molar-refractivity contribution in [2.24, 2.45) is 5.73 Å². The minimum atomic E-state index is -1.09. The number of carbonyl (C=O) groups excluding carboxylic acids is 4. The Hall–Kier alpha value is -7.84. The van der Waals surface area contributed by atoms with Crippen molar-refractivity contribution in [3.05, 3.63) is 132 Å². The number of nitrogens with two attached hydrogens (primary N) is 1. The van der Waals surface area contributed by atoms with E-state index in [0.29, 0.717) is 98.3 Å². The number of alkyl halides is 1. The van der Waals surface area contributed by atoms with Crippen LogP contribution in [0.3, 0.4) is 0 Å². The van der Waals surface area contributed by atoms with Gasteiger partial charge in [-0.1, -0.05) is 77.4 Å². The highest BCUT2D eigenvalue weighted by atomic mass is 79.9. The quantitative estimate of drug-likeness (QED) is 0.0428. The van der Waals surface area contributed by atoms with Gasteiger partial charge in [-0.2, -0.15) is 0 Å². The molecule has 616 valence electrons. The summed E-state index contributed by atoms with van der Waals surface area (Å²) >= 11 is 15.9. The molecule has 0 aliphatic carbocycles. The molecule has 4 atom stereocenters. The third kappa shape index (κ3) is 23.6. The summed E-state index contributed by atoms with van der Waals surface area (Å²) in [5.41, 5.74) is 10.2. The summed E-state index contributed by atoms with van der Waals surface area (Å²) in [6.07, 6.45) is 4.81. The third-order valence-corrected chi connectivity index (χ3v) is 24.8. The van der Waals surface area contributed by atoms with Crippen molar-refractivity contribution in [1.29, 1.82) is 0 Å². The molecule has 27 nitrogen and oxygen atoms in total. The summed E-state index contributed by atoms with van der Waals surface area (Å²) < 4.78 is 62.0. The molecule has 6 N–H and O–H groups in total. The molecule has 16 rings (SSSR count). The van der Waals surface area contributed by atoms with Gasteiger partial charge in [0.25, 0.3) is 5.91 Å². The van der Waals surface area contributed by atoms with Gasteiger partial charge in [0.05, 0.1) is 139 Å². The number of ether oxygens (including phenoxy) is 11. The fraction of sp³-hybridized carbons (Fsp3) is 0.439. The molecule has 4 fully saturated rings. The second-order valence-corrected chi connectivity index (χ2v) is 35.4. The number of aliphatic hydroxyl groups is 3. The number of hydrogen-bond donors (Lipinski definition) is 5. The molecule has 1 amide bonds. The van der Waals surface area contributed by atoms with Crippen LogP contribution in [0.25, 0.3) is 45.0 Å². The predicted molar refractivity (Wildman–Crippen MR) is 452 cm³/mol. The molecule has 4 unspecified atom stereocenters. The number of halogens is 3. The van der Waals surface area contributed by atoms with E-state index >= 15 is 0 Å². The van der Waals surface area contributed by atoms with Crippen LogP contribution in [-0.4, -0.2) is 244 Å². The molecule has 0 spiro atoms. The number of carbonyl (C=O) groups is 4. The van der Waals surface area contributed by atoms with Crippen LogP contribution in [0.4, 0.5) is 0 Å². The zero-order chi connectivity index (χ0) is 83.0. The smallest absolute Gasteiger partial charge is 0.367 e. The van der Waals surface area contributed by atoms with Gasteiger partial charge in [-0.05, 0) is 114 Å². The second kappa shape index (κ2) is 40.7. The minimum Gasteiger partial charge on any atom is -0.491 e. The van der Waals surface area contributed by atoms with E-state index in [2.05, 4.69) is 117 Å². The molecule has 34 heteroatoms. The zero-order valence-electron chi connectivity index (χ0n) is 65.4. The molecule has 4 aromatic heterocycles. The average Bonchev–Trinajstić information content (AvgIpc) is 1.57. The first-order valence-electron chi connectivity index (χ1n) is 37.1. The lowest BCUT2D eigenvalue weighted by molar-refractivity contribution is 0.00677. The molecule has 4 aromatic carbocycles. The standard InChI is InChI=1S/C22H24N2O5S.C21H23N3O4S.C17H17BrN2O4S.C13H9Br2NO3S.C5H8O.C4H9NO/c1-22(2,26)7-6-14-4-5-17-15(12-14)18-19(30-20(23-18)21(25)27-3)16(13-29-17)24-8-10-28-11-9-24;1-21(2,26)6-5-13-3-4-16-14(11-13)17-18(29-20(23-17)19(22)25)15(12-28-16)24-7-9-27-10-8-24;1-22-17(21)16-19-14-11-8-10(18)2-3-13(11)24-9-12(15(14)25-16)20-4-6-23-7-5-20;1-18-13(17)12-16-10-7-4-6(14)2-3-9(7)19-5-8(15)11(10)20-12;1-4-5(2,3)6;1-3-6-4-2-5-1/h4-5,12,16,26H,8-11,13H2,1-3H3;3-4,11,15,26H,7-10,12H2,1-2H3,(H2,22,25);2-3,8,12H,4-7,9H2,1H3;2-4,8H,5H2,1H3;1,6H,2-3H3;5H,1-4H2. The number of amides is 1. The van der Waals surface area contributed by atoms with Crippen LogP contribution in [0.15, 0.2) is 81.7 Å². The SMILES string of the molecule is C#CC(C)(C)O.C1COCCN1.CC(C)(O)C#Cc1ccc2c(c1)-c1nc(C(N)=O)sc1C(N1CCOCC1)CO2.COC(=O)c1nc2c(s1)C(Br)COc1ccc(Br)cc1-2.COC(=O)c1nc2c(s1)C(N1CCOCC1)COc1ccc(Br)cc1-2.COC(=O)c1nc2c(s1)C(N1CCOCC1)COc1ccc(C#CC(C)(C)O)cc1-2. The molecule has 12 heterocycles. The van der Waals surface area contributed by atoms with Crippen LogP contribution >= 0.6 is 93.1 Å². The third-order valence-electron chi connectivity index (χ3n) is 18.2. The molecule has 4 saturated heterocycles. The Balaban J connectivity index is 0.000000146. The fourth-order valence-corrected chi connectivity index (χ4v) is 18.1. The van der Waals surface area contributed by atoms with Crippen molar-refractivity contribution in [2.45, 2.75) is 81.3 Å². The number of aromatic nitrogens is 4. The molecule has 0 radical (unpaired) electrons. The summed E-state index contributed by atoms with van der Waals surface area (Å²) in [6.45, 7) is 24.3. The monoisotopic (exact) mass is 1850 g/mol. The van der Waals surface area contributed by atoms with Gasteiger partial charge in [-0.3, -0.25) is 19.5 Å². The Morgan fingerprint density at radius 2 is 0.776 bits per heavy atom. The van der Waals surface area contributed by atoms with Crippen LogP contribution in [0.1, 0.15) is 134 Å². The number of methoxy groups -OCH3 is 3. The number of nitrogens with zero attached hydrogens (tertiary/aromatic N) is 7. The predicted octanol–water partition coefficient (Wildman–Crippen LogP) is 11.6. The Labute approximate surface area is 714 Å². The van der Waals surface area contributed by atoms with Crippen LogP contribution in [0.2, 0.25) is 0 Å². The first-order chi connectivity index (χ1) is 55.5. The average molecular weight is 1860 g/mol. The van der Waals surface area contributed by atoms with E-state index in [1.807, 2.05) is 72.8 Å². The summed E-state index contributed by atoms with van der Waals surface area (Å²) in [5.74, 6) is 14.9. The van der Waals surface area contributed by atoms with E-state index in [0.717, 1.165) is 156 Å². The van der Waals surface area contributed by atoms with Crippen LogP contribution < -0.4 is 30.0 Å². The molecule has 8 aliphatic rings. The zero-order valence-corrected chi connectivity index (χ0v) is 73.4. The van der Waals surface area contributed by atoms with E-state index in [-0.39, 0.29) is 28.0 Å². The van der Waals surface area contributed by atoms with Gasteiger partial charge in [0.15, 0.2) is 5.01 Å². The topological polar surface area (TPSA) is 330 Å². The Morgan fingerprint density at radius 3 is 1.09 bits per heavy atom. The summed E-state index contributed by atoms with van der Waals surface area (Å²) in [5, 5.41) is 32.9. The number of hydrogen-bond acceptors (Lipinski definition) is 30. The highest BCUT2D eigenvalue weighted by Crippen LogP contribution is 2.49. The Bertz CT molecular complexity index is 4970. The van der Waals surface area contributed by atoms with E-state index in [1.165, 1.54) is 66.7 Å². The van der Waals surface area contributed by atoms with Crippen LogP contribution in [0, 0.1) is 36.0 Å². The summed E-state index contributed by atoms with van der Waals surface area (Å²) in [4.78, 5) is 76.8. The Kier molecular flexibility index (Phi) is 31.2. The highest BCUT2D eigenvalue weighted by molar-refractivity contribution is 9.10. The normalized spacial score (nSPS) is 18.7. The van der Waals surface area contributed by atoms with Crippen molar-refractivity contribution in [2.75, 3.05) is 153 Å². The van der Waals surface area contributed by atoms with Crippen molar-refractivity contribution >= 4 is 117 Å². The van der Waals surface area contributed by atoms with Gasteiger partial charge >= 0.3 is 17.9 Å². The first kappa shape index (κ1) is 89.0. The molecular formula is C82H90Br3N9O18S4. The number of benzene rings is 4. The number of esters is 3. The molecule has 116 heavy (non-hydrogen) atoms. The fourth-order valence-electron chi connectivity index (χ4n) is 12.5. The molecule has 8 aromatic rings. The van der Waals surface area contributed by atoms with Crippen LogP contribution in [0.5, 0.6) is 23.0 Å². The van der Waals surface area contributed by atoms with Crippen LogP contribution in [-0.2, 0) is 33.2 Å². The number of primary amides is 1. The van der Waals surface area contributed by atoms with Crippen molar-refractivity contribution < 1.29 is 86.6 Å². The number of nitrogens with one attached hydrogen (secondary N) is 1. The number of morpholine rings is 4. The lowest BCUT2D eigenvalue weighted by atomic mass is 10.0. The van der Waals surface area contributed by atoms with E-state index in [9.17, 15) is 29.4 Å². The molecule has 8 aliphatic heterocycles. The maximum atomic E-state index is 12.2. The van der Waals surface area contributed by atoms with E-state index in [1.54, 1.807) is 41.5 Å². The number of fused-ring (bicyclic) bond motifs is 12. The summed E-state index contributed by atoms with van der Waals surface area (Å²) in [6, 6.07) is 22.8. The van der Waals surface area contributed by atoms with Gasteiger partial charge < -0.3 is 78.5 Å². The maximum Gasteiger partial charge on any atom is 0.367 e. The van der Waals surface area contributed by atoms with Crippen molar-refractivity contribution in [3.63, 3.8) is 0 Å². The largest absolute Gasteiger partial charge is 0.491 e. The minimum absolute atomic E-state index is 0.000387. The number of terminal acetylenes is 1. The van der Waals surface area contributed by atoms with E-state index < -0.39 is 40.6 Å². The number of thiazole rings is 4. The summed E-state index contributed by atoms with van der Waals surface area (Å²) in [7, 11) is 4.09. The number of rotatable bonds is 7. The molecule has 0 saturated carbocycles. The molecular weight excluding hydrogens is 1770 g/mol. The lowest BCUT2D eigenvalue weighted by Crippen LogP contribution is -2.40. The van der Waals surface area contributed by atoms with Gasteiger partial charge in [0, 0.05) is 94.7 Å². The second-order valence-electron chi connectivity index (χ2n) is 28.4. The van der Waals surface area contributed by atoms with Gasteiger partial charge in [-0.25, -0.2) is 34.3 Å². The van der Waals surface area contributed by atoms with Gasteiger partial charge in [-0.15, -0.1) is 51.8 Å². The lowest BCUT2D eigenvalue weighted by Gasteiger charge is -2.33. The molecule has 0 bridgehead atoms. The van der Waals surface area contributed by atoms with Crippen molar-refractivity contribution in [3.8, 4) is 104 Å².